The molecule has 0 saturated heterocycles. The summed E-state index contributed by atoms with van der Waals surface area (Å²) in [6, 6.07) is 2.14. The lowest BCUT2D eigenvalue weighted by Crippen LogP contribution is -2.24. The minimum absolute atomic E-state index is 0.0142. The lowest BCUT2D eigenvalue weighted by molar-refractivity contribution is 0.152. The quantitative estimate of drug-likeness (QED) is 0.504. The van der Waals surface area contributed by atoms with Crippen LogP contribution in [0, 0.1) is 0 Å². The zero-order valence-corrected chi connectivity index (χ0v) is 10.4. The summed E-state index contributed by atoms with van der Waals surface area (Å²) in [5.74, 6) is -0.0223. The van der Waals surface area contributed by atoms with Gasteiger partial charge in [-0.15, -0.1) is 0 Å². The highest BCUT2D eigenvalue weighted by Crippen LogP contribution is 2.38. The topological polar surface area (TPSA) is 95.9 Å². The Balaban J connectivity index is 3.00. The van der Waals surface area contributed by atoms with Crippen LogP contribution in [0.5, 0.6) is 17.2 Å². The molecule has 5 N–H and O–H groups in total. The van der Waals surface area contributed by atoms with Crippen molar-refractivity contribution in [2.24, 2.45) is 5.73 Å². The molecule has 0 radical (unpaired) electrons. The molecule has 0 aliphatic heterocycles. The molecule has 0 bridgehead atoms. The molecule has 1 rings (SSSR count). The number of phenols is 2. The SMILES string of the molecule is CC(N)C(O)c1cc(O)c(OCCS)c(O)c1. The average Bonchev–Trinajstić information content (AvgIpc) is 2.26. The summed E-state index contributed by atoms with van der Waals surface area (Å²) in [5, 5.41) is 29.0. The Hall–Kier alpha value is -1.11. The van der Waals surface area contributed by atoms with Crippen molar-refractivity contribution in [3.05, 3.63) is 17.7 Å². The maximum atomic E-state index is 9.71. The first-order valence-corrected chi connectivity index (χ1v) is 5.83. The van der Waals surface area contributed by atoms with Crippen molar-refractivity contribution in [1.82, 2.24) is 0 Å². The van der Waals surface area contributed by atoms with Crippen LogP contribution in [0.25, 0.3) is 0 Å². The summed E-state index contributed by atoms with van der Waals surface area (Å²) in [6.07, 6.45) is -0.953. The van der Waals surface area contributed by atoms with E-state index in [0.29, 0.717) is 11.3 Å². The minimum Gasteiger partial charge on any atom is -0.504 e. The lowest BCUT2D eigenvalue weighted by atomic mass is 10.0. The van der Waals surface area contributed by atoms with E-state index in [-0.39, 0.29) is 23.9 Å². The van der Waals surface area contributed by atoms with E-state index in [1.807, 2.05) is 0 Å². The second-order valence-electron chi connectivity index (χ2n) is 3.76. The fourth-order valence-electron chi connectivity index (χ4n) is 1.39. The maximum absolute atomic E-state index is 9.71. The van der Waals surface area contributed by atoms with E-state index in [4.69, 9.17) is 10.5 Å². The van der Waals surface area contributed by atoms with E-state index in [1.54, 1.807) is 6.92 Å². The van der Waals surface area contributed by atoms with Gasteiger partial charge in [0.1, 0.15) is 0 Å². The van der Waals surface area contributed by atoms with Crippen LogP contribution in [0.3, 0.4) is 0 Å². The number of ether oxygens (including phenoxy) is 1. The van der Waals surface area contributed by atoms with Gasteiger partial charge >= 0.3 is 0 Å². The van der Waals surface area contributed by atoms with Crippen LogP contribution in [-0.4, -0.2) is 33.7 Å². The van der Waals surface area contributed by atoms with E-state index in [2.05, 4.69) is 12.6 Å². The van der Waals surface area contributed by atoms with Crippen LogP contribution >= 0.6 is 12.6 Å². The molecule has 5 nitrogen and oxygen atoms in total. The number of aliphatic hydroxyl groups excluding tert-OH is 1. The Bertz CT molecular complexity index is 361. The third kappa shape index (κ3) is 3.42. The van der Waals surface area contributed by atoms with Gasteiger partial charge in [-0.1, -0.05) is 0 Å². The van der Waals surface area contributed by atoms with Crippen molar-refractivity contribution in [2.75, 3.05) is 12.4 Å². The molecular weight excluding hydrogens is 242 g/mol. The van der Waals surface area contributed by atoms with Crippen LogP contribution in [0.4, 0.5) is 0 Å². The molecule has 96 valence electrons. The van der Waals surface area contributed by atoms with Gasteiger partial charge in [0.25, 0.3) is 0 Å². The van der Waals surface area contributed by atoms with Crippen molar-refractivity contribution >= 4 is 12.6 Å². The van der Waals surface area contributed by atoms with Crippen LogP contribution in [0.1, 0.15) is 18.6 Å². The first-order chi connectivity index (χ1) is 7.97. The van der Waals surface area contributed by atoms with Crippen molar-refractivity contribution < 1.29 is 20.1 Å². The van der Waals surface area contributed by atoms with Gasteiger partial charge in [-0.2, -0.15) is 12.6 Å². The van der Waals surface area contributed by atoms with Crippen LogP contribution in [0.15, 0.2) is 12.1 Å². The predicted octanol–water partition coefficient (Wildman–Crippen LogP) is 0.787. The molecule has 2 atom stereocenters. The first-order valence-electron chi connectivity index (χ1n) is 5.20. The van der Waals surface area contributed by atoms with E-state index in [0.717, 1.165) is 0 Å². The Kier molecular flexibility index (Phi) is 4.92. The average molecular weight is 259 g/mol. The third-order valence-corrected chi connectivity index (χ3v) is 2.43. The molecule has 6 heteroatoms. The highest BCUT2D eigenvalue weighted by atomic mass is 32.1. The number of benzene rings is 1. The first kappa shape index (κ1) is 14.0. The Morgan fingerprint density at radius 1 is 1.35 bits per heavy atom. The summed E-state index contributed by atoms with van der Waals surface area (Å²) < 4.78 is 5.12. The predicted molar refractivity (Wildman–Crippen MR) is 67.7 cm³/mol. The molecule has 0 fully saturated rings. The molecular formula is C11H17NO4S. The lowest BCUT2D eigenvalue weighted by Gasteiger charge is -2.17. The molecule has 0 heterocycles. The summed E-state index contributed by atoms with van der Waals surface area (Å²) in [7, 11) is 0. The van der Waals surface area contributed by atoms with E-state index in [9.17, 15) is 15.3 Å². The molecule has 0 amide bonds. The van der Waals surface area contributed by atoms with Crippen molar-refractivity contribution in [3.63, 3.8) is 0 Å². The number of hydrogen-bond donors (Lipinski definition) is 5. The minimum atomic E-state index is -0.953. The molecule has 2 unspecified atom stereocenters. The normalized spacial score (nSPS) is 14.4. The van der Waals surface area contributed by atoms with Crippen molar-refractivity contribution in [2.45, 2.75) is 19.1 Å². The van der Waals surface area contributed by atoms with Gasteiger partial charge in [0, 0.05) is 11.8 Å². The van der Waals surface area contributed by atoms with Gasteiger partial charge < -0.3 is 25.8 Å². The van der Waals surface area contributed by atoms with Crippen LogP contribution in [-0.2, 0) is 0 Å². The summed E-state index contributed by atoms with van der Waals surface area (Å²) in [5.41, 5.74) is 5.87. The maximum Gasteiger partial charge on any atom is 0.203 e. The highest BCUT2D eigenvalue weighted by Gasteiger charge is 2.18. The fourth-order valence-corrected chi connectivity index (χ4v) is 1.48. The zero-order chi connectivity index (χ0) is 13.0. The van der Waals surface area contributed by atoms with Crippen LogP contribution < -0.4 is 10.5 Å². The number of aliphatic hydroxyl groups is 1. The van der Waals surface area contributed by atoms with Gasteiger partial charge in [0.05, 0.1) is 12.7 Å². The molecule has 0 aliphatic rings. The molecule has 0 spiro atoms. The Morgan fingerprint density at radius 3 is 2.29 bits per heavy atom. The van der Waals surface area contributed by atoms with E-state index < -0.39 is 12.1 Å². The monoisotopic (exact) mass is 259 g/mol. The van der Waals surface area contributed by atoms with Crippen molar-refractivity contribution in [1.29, 1.82) is 0 Å². The smallest absolute Gasteiger partial charge is 0.203 e. The largest absolute Gasteiger partial charge is 0.504 e. The van der Waals surface area contributed by atoms with Gasteiger partial charge in [-0.25, -0.2) is 0 Å². The van der Waals surface area contributed by atoms with Gasteiger partial charge in [0.15, 0.2) is 11.5 Å². The second kappa shape index (κ2) is 6.00. The van der Waals surface area contributed by atoms with E-state index >= 15 is 0 Å². The zero-order valence-electron chi connectivity index (χ0n) is 9.50. The van der Waals surface area contributed by atoms with Gasteiger partial charge in [-0.05, 0) is 24.6 Å². The summed E-state index contributed by atoms with van der Waals surface area (Å²) in [4.78, 5) is 0. The molecule has 17 heavy (non-hydrogen) atoms. The van der Waals surface area contributed by atoms with Crippen molar-refractivity contribution in [3.8, 4) is 17.2 Å². The van der Waals surface area contributed by atoms with Crippen LogP contribution in [0.2, 0.25) is 0 Å². The molecule has 0 saturated carbocycles. The molecule has 1 aromatic rings. The molecule has 0 aromatic heterocycles. The Labute approximate surface area is 105 Å². The summed E-state index contributed by atoms with van der Waals surface area (Å²) in [6.45, 7) is 1.89. The number of thiol groups is 1. The standard InChI is InChI=1S/C11H17NO4S/c1-6(12)10(15)7-4-8(13)11(9(14)5-7)16-2-3-17/h4-6,10,13-15,17H,2-3,12H2,1H3. The van der Waals surface area contributed by atoms with Gasteiger partial charge in [0.2, 0.25) is 5.75 Å². The van der Waals surface area contributed by atoms with E-state index in [1.165, 1.54) is 12.1 Å². The number of phenolic OH excluding ortho intramolecular Hbond substituents is 2. The third-order valence-electron chi connectivity index (χ3n) is 2.25. The molecule has 1 aromatic carbocycles. The number of rotatable bonds is 5. The Morgan fingerprint density at radius 2 is 1.88 bits per heavy atom. The number of nitrogens with two attached hydrogens (primary N) is 1. The van der Waals surface area contributed by atoms with Gasteiger partial charge in [-0.3, -0.25) is 0 Å². The summed E-state index contributed by atoms with van der Waals surface area (Å²) >= 11 is 3.95. The number of hydrogen-bond acceptors (Lipinski definition) is 6. The second-order valence-corrected chi connectivity index (χ2v) is 4.21. The highest BCUT2D eigenvalue weighted by molar-refractivity contribution is 7.80. The number of aromatic hydroxyl groups is 2. The molecule has 0 aliphatic carbocycles. The fraction of sp³-hybridized carbons (Fsp3) is 0.455.